The number of aromatic nitrogens is 1. The average molecular weight is 839 g/mol. The Kier molecular flexibility index (Phi) is 10.6. The second kappa shape index (κ2) is 13.8. The number of fused-ring (bicyclic) bond motifs is 4. The summed E-state index contributed by atoms with van der Waals surface area (Å²) < 4.78 is 5.91. The van der Waals surface area contributed by atoms with Crippen LogP contribution in [0.1, 0.15) is 53.4 Å². The summed E-state index contributed by atoms with van der Waals surface area (Å²) in [5.74, 6) is 0.547. The van der Waals surface area contributed by atoms with Crippen molar-refractivity contribution in [1.82, 2.24) is 4.98 Å². The summed E-state index contributed by atoms with van der Waals surface area (Å²) in [7, 11) is 0. The SMILES string of the molecule is CCC(CC)C(=O)/C=C(\O)C(CC)CC.[Ir].[c-]1ccc2[se]c3cccc4[se]c5c6ccccc6cnc5c1c2c34. The van der Waals surface area contributed by atoms with Crippen LogP contribution in [0.4, 0.5) is 0 Å². The normalized spacial score (nSPS) is 12.0. The van der Waals surface area contributed by atoms with Crippen molar-refractivity contribution in [3.63, 3.8) is 0 Å². The van der Waals surface area contributed by atoms with Crippen molar-refractivity contribution in [2.45, 2.75) is 53.4 Å². The van der Waals surface area contributed by atoms with Crippen molar-refractivity contribution >= 4 is 84.3 Å². The van der Waals surface area contributed by atoms with Crippen LogP contribution >= 0.6 is 0 Å². The van der Waals surface area contributed by atoms with Crippen LogP contribution in [0, 0.1) is 17.9 Å². The first kappa shape index (κ1) is 30.9. The molecule has 0 atom stereocenters. The van der Waals surface area contributed by atoms with E-state index in [-0.39, 0.29) is 58.0 Å². The number of hydrogen-bond acceptors (Lipinski definition) is 3. The molecule has 1 radical (unpaired) electrons. The second-order valence-corrected chi connectivity index (χ2v) is 14.4. The van der Waals surface area contributed by atoms with Crippen molar-refractivity contribution < 1.29 is 30.0 Å². The molecule has 1 N–H and O–H groups in total. The molecular formula is C34H34IrNO2Se2-. The Balaban J connectivity index is 0.000000204. The predicted molar refractivity (Wildman–Crippen MR) is 168 cm³/mol. The minimum absolute atomic E-state index is 0. The third kappa shape index (κ3) is 5.95. The van der Waals surface area contributed by atoms with Gasteiger partial charge in [0.05, 0.1) is 5.76 Å². The summed E-state index contributed by atoms with van der Waals surface area (Å²) in [4.78, 5) is 16.6. The third-order valence-electron chi connectivity index (χ3n) is 7.70. The maximum absolute atomic E-state index is 11.7. The summed E-state index contributed by atoms with van der Waals surface area (Å²) in [6.07, 6.45) is 6.93. The van der Waals surface area contributed by atoms with Crippen molar-refractivity contribution in [3.8, 4) is 0 Å². The van der Waals surface area contributed by atoms with Gasteiger partial charge in [-0.1, -0.05) is 27.7 Å². The first-order valence-electron chi connectivity index (χ1n) is 13.9. The van der Waals surface area contributed by atoms with Crippen molar-refractivity contribution in [1.29, 1.82) is 0 Å². The topological polar surface area (TPSA) is 50.2 Å². The molecule has 40 heavy (non-hydrogen) atoms. The molecule has 0 amide bonds. The number of rotatable bonds is 7. The summed E-state index contributed by atoms with van der Waals surface area (Å²) in [6, 6.07) is 23.3. The first-order chi connectivity index (χ1) is 19.0. The predicted octanol–water partition coefficient (Wildman–Crippen LogP) is 8.63. The fraction of sp³-hybridized carbons (Fsp3) is 0.294. The molecule has 0 unspecified atom stereocenters. The number of aliphatic hydroxyl groups excluding tert-OH is 1. The van der Waals surface area contributed by atoms with E-state index in [1.807, 2.05) is 33.9 Å². The number of carbonyl (C=O) groups is 1. The number of nitrogens with zero attached hydrogens (tertiary/aromatic N) is 1. The molecule has 0 spiro atoms. The molecule has 0 saturated carbocycles. The number of aliphatic hydroxyl groups is 1. The summed E-state index contributed by atoms with van der Waals surface area (Å²) >= 11 is 0.675. The van der Waals surface area contributed by atoms with E-state index in [1.165, 1.54) is 50.0 Å². The third-order valence-corrected chi connectivity index (χ3v) is 12.5. The number of carbonyl (C=O) groups excluding carboxylic acids is 1. The Morgan fingerprint density at radius 2 is 1.52 bits per heavy atom. The maximum atomic E-state index is 11.7. The molecule has 3 heterocycles. The van der Waals surface area contributed by atoms with E-state index in [0.717, 1.165) is 31.2 Å². The van der Waals surface area contributed by atoms with Gasteiger partial charge in [0.25, 0.3) is 0 Å². The number of hydrogen-bond donors (Lipinski definition) is 1. The summed E-state index contributed by atoms with van der Waals surface area (Å²) in [5.41, 5.74) is 1.14. The van der Waals surface area contributed by atoms with Crippen LogP contribution < -0.4 is 0 Å². The Bertz CT molecular complexity index is 1810. The Labute approximate surface area is 261 Å². The van der Waals surface area contributed by atoms with Gasteiger partial charge in [0.2, 0.25) is 0 Å². The van der Waals surface area contributed by atoms with Gasteiger partial charge in [-0.25, -0.2) is 0 Å². The molecule has 3 nitrogen and oxygen atoms in total. The van der Waals surface area contributed by atoms with E-state index in [2.05, 4.69) is 60.7 Å². The van der Waals surface area contributed by atoms with Gasteiger partial charge in [-0.15, -0.1) is 0 Å². The molecule has 0 aliphatic heterocycles. The Morgan fingerprint density at radius 3 is 2.23 bits per heavy atom. The second-order valence-electron chi connectivity index (χ2n) is 9.95. The van der Waals surface area contributed by atoms with Crippen LogP contribution in [0.5, 0.6) is 0 Å². The zero-order valence-corrected chi connectivity index (χ0v) is 29.1. The van der Waals surface area contributed by atoms with Gasteiger partial charge in [0, 0.05) is 38.0 Å². The van der Waals surface area contributed by atoms with Gasteiger partial charge in [-0.3, -0.25) is 4.79 Å². The Morgan fingerprint density at radius 1 is 0.875 bits per heavy atom. The quantitative estimate of drug-likeness (QED) is 0.0759. The molecule has 6 rings (SSSR count). The first-order valence-corrected chi connectivity index (χ1v) is 17.3. The zero-order valence-electron chi connectivity index (χ0n) is 23.3. The van der Waals surface area contributed by atoms with E-state index >= 15 is 0 Å². The molecule has 6 heteroatoms. The van der Waals surface area contributed by atoms with Gasteiger partial charge in [-0.05, 0) is 25.7 Å². The van der Waals surface area contributed by atoms with Gasteiger partial charge in [0.1, 0.15) is 0 Å². The van der Waals surface area contributed by atoms with Crippen LogP contribution in [0.25, 0.3) is 49.5 Å². The minimum atomic E-state index is 0. The average Bonchev–Trinajstić information content (AvgIpc) is 3.27. The fourth-order valence-corrected chi connectivity index (χ4v) is 10.6. The van der Waals surface area contributed by atoms with Crippen molar-refractivity contribution in [2.24, 2.45) is 11.8 Å². The van der Waals surface area contributed by atoms with Crippen LogP contribution in [0.15, 0.2) is 72.6 Å². The van der Waals surface area contributed by atoms with Gasteiger partial charge in [0.15, 0.2) is 5.78 Å². The van der Waals surface area contributed by atoms with Crippen LogP contribution in [0.2, 0.25) is 0 Å². The van der Waals surface area contributed by atoms with Crippen molar-refractivity contribution in [2.75, 3.05) is 0 Å². The summed E-state index contributed by atoms with van der Waals surface area (Å²) in [6.45, 7) is 8.07. The Hall–Kier alpha value is -2.03. The van der Waals surface area contributed by atoms with Crippen LogP contribution in [-0.2, 0) is 24.9 Å². The molecule has 0 aliphatic rings. The zero-order chi connectivity index (χ0) is 27.5. The van der Waals surface area contributed by atoms with Crippen LogP contribution in [0.3, 0.4) is 0 Å². The number of allylic oxidation sites excluding steroid dienone is 2. The van der Waals surface area contributed by atoms with E-state index in [4.69, 9.17) is 4.98 Å². The molecule has 0 fully saturated rings. The molecule has 3 aromatic carbocycles. The van der Waals surface area contributed by atoms with Gasteiger partial charge in [-0.2, -0.15) is 0 Å². The monoisotopic (exact) mass is 841 g/mol. The summed E-state index contributed by atoms with van der Waals surface area (Å²) in [5, 5.41) is 16.4. The van der Waals surface area contributed by atoms with E-state index in [1.54, 1.807) is 0 Å². The molecular weight excluding hydrogens is 805 g/mol. The number of benzene rings is 3. The van der Waals surface area contributed by atoms with Crippen LogP contribution in [-0.4, -0.2) is 44.9 Å². The fourth-order valence-electron chi connectivity index (χ4n) is 5.35. The standard InChI is InChI=1S/C21H10NSe2.C13H24O2.Ir/c1-2-6-13-12(5-1)11-22-20-14-7-3-8-15-18(14)19-16(23-15)9-4-10-17(19)24-21(13)20;1-5-10(6-2)12(14)9-13(15)11(7-3)8-4;/h1-6,8-11H;9-11,14H,5-8H2,1-4H3;/q-1;;/b;12-9-;. The molecule has 0 aliphatic carbocycles. The molecule has 3 aromatic heterocycles. The number of ketones is 1. The van der Waals surface area contributed by atoms with E-state index in [0.29, 0.717) is 14.5 Å². The van der Waals surface area contributed by atoms with E-state index < -0.39 is 0 Å². The molecule has 0 bridgehead atoms. The van der Waals surface area contributed by atoms with Crippen molar-refractivity contribution in [3.05, 3.63) is 78.7 Å². The molecule has 0 saturated heterocycles. The van der Waals surface area contributed by atoms with E-state index in [9.17, 15) is 9.90 Å². The number of pyridine rings is 1. The molecule has 209 valence electrons. The van der Waals surface area contributed by atoms with Gasteiger partial charge >= 0.3 is 150 Å². The van der Waals surface area contributed by atoms with Gasteiger partial charge < -0.3 is 5.11 Å². The molecule has 6 aromatic rings.